The van der Waals surface area contributed by atoms with Gasteiger partial charge in [-0.05, 0) is 51.7 Å². The molecule has 3 aliphatic heterocycles. The molecule has 3 aliphatic rings. The number of esters is 1. The van der Waals surface area contributed by atoms with Crippen molar-refractivity contribution in [3.05, 3.63) is 47.1 Å². The Morgan fingerprint density at radius 1 is 1.40 bits per heavy atom. The van der Waals surface area contributed by atoms with Gasteiger partial charge >= 0.3 is 5.97 Å². The van der Waals surface area contributed by atoms with Gasteiger partial charge in [0.1, 0.15) is 17.6 Å². The number of aromatic hydroxyl groups is 1. The lowest BCUT2D eigenvalue weighted by Gasteiger charge is -2.23. The van der Waals surface area contributed by atoms with Gasteiger partial charge in [-0.3, -0.25) is 0 Å². The monoisotopic (exact) mass is 340 g/mol. The molecule has 2 bridgehead atoms. The number of phenols is 1. The van der Waals surface area contributed by atoms with Crippen LogP contribution in [0.1, 0.15) is 56.6 Å². The van der Waals surface area contributed by atoms with Gasteiger partial charge in [0, 0.05) is 23.5 Å². The van der Waals surface area contributed by atoms with Crippen LogP contribution in [0.4, 0.5) is 0 Å². The van der Waals surface area contributed by atoms with Crippen LogP contribution in [0, 0.1) is 0 Å². The number of carbonyl (C=O) groups excluding carboxylic acids is 1. The quantitative estimate of drug-likeness (QED) is 0.361. The van der Waals surface area contributed by atoms with Crippen molar-refractivity contribution in [2.75, 3.05) is 0 Å². The summed E-state index contributed by atoms with van der Waals surface area (Å²) in [5.41, 5.74) is 3.21. The Kier molecular flexibility index (Phi) is 3.76. The van der Waals surface area contributed by atoms with Gasteiger partial charge in [0.05, 0.1) is 0 Å². The van der Waals surface area contributed by atoms with Crippen LogP contribution < -0.4 is 4.74 Å². The zero-order valence-corrected chi connectivity index (χ0v) is 14.8. The molecule has 25 heavy (non-hydrogen) atoms. The summed E-state index contributed by atoms with van der Waals surface area (Å²) in [5.74, 6) is 0.553. The number of ether oxygens (including phenoxy) is 2. The number of rotatable bonds is 1. The molecule has 0 aromatic heterocycles. The van der Waals surface area contributed by atoms with E-state index in [2.05, 4.69) is 19.6 Å². The minimum Gasteiger partial charge on any atom is -0.508 e. The molecule has 3 atom stereocenters. The van der Waals surface area contributed by atoms with Gasteiger partial charge in [-0.25, -0.2) is 4.79 Å². The topological polar surface area (TPSA) is 59.1 Å². The van der Waals surface area contributed by atoms with E-state index in [4.69, 9.17) is 9.47 Å². The second-order valence-corrected chi connectivity index (χ2v) is 7.64. The van der Waals surface area contributed by atoms with Crippen LogP contribution in [0.25, 0.3) is 0 Å². The first-order valence-electron chi connectivity index (χ1n) is 8.97. The number of allylic oxidation sites excluding steroid dienone is 3. The number of phenolic OH excluding ortho intramolecular Hbond substituents is 1. The molecule has 1 spiro atoms. The van der Waals surface area contributed by atoms with Gasteiger partial charge in [-0.2, -0.15) is 0 Å². The lowest BCUT2D eigenvalue weighted by Crippen LogP contribution is -2.31. The standard InChI is InChI=1S/C21H24O4/c1-12(2)16-7-6-13(3)5-4-8-21-18(25-21)10-14-9-15(22)11-17(16)19(14)24-20(21)23/h5,9,11,16,18,22H,1,4,6-8,10H2,2-3H3/b13-5+. The molecule has 4 rings (SSSR count). The van der Waals surface area contributed by atoms with E-state index in [1.807, 2.05) is 6.92 Å². The summed E-state index contributed by atoms with van der Waals surface area (Å²) in [6.45, 7) is 8.27. The maximum Gasteiger partial charge on any atom is 0.346 e. The number of carbonyl (C=O) groups is 1. The molecule has 0 radical (unpaired) electrons. The van der Waals surface area contributed by atoms with E-state index >= 15 is 0 Å². The highest BCUT2D eigenvalue weighted by atomic mass is 16.7. The average molecular weight is 340 g/mol. The molecule has 1 saturated heterocycles. The van der Waals surface area contributed by atoms with E-state index in [0.29, 0.717) is 18.6 Å². The van der Waals surface area contributed by atoms with Crippen LogP contribution in [-0.2, 0) is 16.0 Å². The van der Waals surface area contributed by atoms with Crippen LogP contribution in [0.15, 0.2) is 35.9 Å². The predicted octanol–water partition coefficient (Wildman–Crippen LogP) is 4.17. The maximum atomic E-state index is 12.8. The SMILES string of the molecule is C=C(C)C1CC/C(C)=C/CCC23OC2Cc2cc(O)cc1c2OC3=O. The Bertz CT molecular complexity index is 791. The molecule has 132 valence electrons. The highest BCUT2D eigenvalue weighted by molar-refractivity contribution is 5.87. The van der Waals surface area contributed by atoms with Crippen LogP contribution in [0.3, 0.4) is 0 Å². The van der Waals surface area contributed by atoms with E-state index in [-0.39, 0.29) is 23.7 Å². The predicted molar refractivity (Wildman–Crippen MR) is 94.8 cm³/mol. The van der Waals surface area contributed by atoms with E-state index < -0.39 is 5.60 Å². The van der Waals surface area contributed by atoms with Gasteiger partial charge in [-0.15, -0.1) is 0 Å². The fourth-order valence-corrected chi connectivity index (χ4v) is 4.21. The Labute approximate surface area is 148 Å². The Morgan fingerprint density at radius 3 is 2.96 bits per heavy atom. The molecule has 3 heterocycles. The van der Waals surface area contributed by atoms with E-state index in [0.717, 1.165) is 36.0 Å². The van der Waals surface area contributed by atoms with E-state index in [1.165, 1.54) is 5.57 Å². The van der Waals surface area contributed by atoms with Crippen LogP contribution in [0.2, 0.25) is 0 Å². The number of hydrogen-bond donors (Lipinski definition) is 1. The van der Waals surface area contributed by atoms with Crippen LogP contribution in [-0.4, -0.2) is 22.8 Å². The molecule has 1 N–H and O–H groups in total. The minimum atomic E-state index is -0.819. The van der Waals surface area contributed by atoms with Gasteiger partial charge in [-0.1, -0.05) is 23.8 Å². The van der Waals surface area contributed by atoms with Crippen molar-refractivity contribution in [1.82, 2.24) is 0 Å². The summed E-state index contributed by atoms with van der Waals surface area (Å²) in [6, 6.07) is 3.42. The first kappa shape index (κ1) is 16.4. The summed E-state index contributed by atoms with van der Waals surface area (Å²) in [4.78, 5) is 12.8. The molecule has 4 nitrogen and oxygen atoms in total. The Balaban J connectivity index is 1.88. The zero-order valence-electron chi connectivity index (χ0n) is 14.8. The van der Waals surface area contributed by atoms with E-state index in [9.17, 15) is 9.90 Å². The minimum absolute atomic E-state index is 0.0442. The normalized spacial score (nSPS) is 33.0. The van der Waals surface area contributed by atoms with Crippen molar-refractivity contribution in [3.63, 3.8) is 0 Å². The van der Waals surface area contributed by atoms with Crippen molar-refractivity contribution in [3.8, 4) is 11.5 Å². The number of benzene rings is 1. The highest BCUT2D eigenvalue weighted by Gasteiger charge is 2.64. The zero-order chi connectivity index (χ0) is 17.8. The Hall–Kier alpha value is -2.07. The summed E-state index contributed by atoms with van der Waals surface area (Å²) < 4.78 is 11.6. The van der Waals surface area contributed by atoms with Crippen LogP contribution >= 0.6 is 0 Å². The molecule has 0 saturated carbocycles. The third-order valence-electron chi connectivity index (χ3n) is 5.75. The smallest absolute Gasteiger partial charge is 0.346 e. The molecule has 1 fully saturated rings. The van der Waals surface area contributed by atoms with Gasteiger partial charge < -0.3 is 14.6 Å². The molecule has 4 heteroatoms. The van der Waals surface area contributed by atoms with Crippen LogP contribution in [0.5, 0.6) is 11.5 Å². The first-order valence-corrected chi connectivity index (χ1v) is 8.97. The molecule has 3 unspecified atom stereocenters. The number of epoxide rings is 1. The molecular formula is C21H24O4. The van der Waals surface area contributed by atoms with Gasteiger partial charge in [0.15, 0.2) is 5.60 Å². The number of hydrogen-bond acceptors (Lipinski definition) is 4. The molecule has 1 aromatic rings. The second-order valence-electron chi connectivity index (χ2n) is 7.64. The molecular weight excluding hydrogens is 316 g/mol. The summed E-state index contributed by atoms with van der Waals surface area (Å²) in [6.07, 6.45) is 5.93. The highest BCUT2D eigenvalue weighted by Crippen LogP contribution is 2.50. The third kappa shape index (κ3) is 2.69. The first-order chi connectivity index (χ1) is 11.9. The summed E-state index contributed by atoms with van der Waals surface area (Å²) >= 11 is 0. The van der Waals surface area contributed by atoms with Crippen molar-refractivity contribution >= 4 is 5.97 Å². The fourth-order valence-electron chi connectivity index (χ4n) is 4.21. The average Bonchev–Trinajstić information content (AvgIpc) is 3.23. The largest absolute Gasteiger partial charge is 0.508 e. The van der Waals surface area contributed by atoms with Crippen molar-refractivity contribution in [2.45, 2.75) is 63.6 Å². The van der Waals surface area contributed by atoms with Crippen molar-refractivity contribution in [2.24, 2.45) is 0 Å². The fraction of sp³-hybridized carbons (Fsp3) is 0.476. The van der Waals surface area contributed by atoms with Gasteiger partial charge in [0.25, 0.3) is 0 Å². The molecule has 1 aromatic carbocycles. The maximum absolute atomic E-state index is 12.8. The summed E-state index contributed by atoms with van der Waals surface area (Å²) in [7, 11) is 0. The number of fused-ring (bicyclic) bond motifs is 1. The molecule has 0 aliphatic carbocycles. The lowest BCUT2D eigenvalue weighted by atomic mass is 9.85. The third-order valence-corrected chi connectivity index (χ3v) is 5.75. The van der Waals surface area contributed by atoms with E-state index in [1.54, 1.807) is 12.1 Å². The van der Waals surface area contributed by atoms with Gasteiger partial charge in [0.2, 0.25) is 0 Å². The Morgan fingerprint density at radius 2 is 2.20 bits per heavy atom. The lowest BCUT2D eigenvalue weighted by molar-refractivity contribution is -0.140. The second kappa shape index (κ2) is 5.73. The van der Waals surface area contributed by atoms with Crippen molar-refractivity contribution in [1.29, 1.82) is 0 Å². The molecule has 0 amide bonds. The summed E-state index contributed by atoms with van der Waals surface area (Å²) in [5, 5.41) is 10.2. The van der Waals surface area contributed by atoms with Crippen molar-refractivity contribution < 1.29 is 19.4 Å².